The molecule has 2 heterocycles. The summed E-state index contributed by atoms with van der Waals surface area (Å²) < 4.78 is 13.3. The van der Waals surface area contributed by atoms with Gasteiger partial charge in [0.1, 0.15) is 11.6 Å². The molecule has 4 heteroatoms. The predicted octanol–water partition coefficient (Wildman–Crippen LogP) is 3.57. The van der Waals surface area contributed by atoms with E-state index in [9.17, 15) is 4.39 Å². The molecule has 1 aromatic carbocycles. The zero-order valence-electron chi connectivity index (χ0n) is 14.0. The maximum Gasteiger partial charge on any atom is 0.129 e. The maximum absolute atomic E-state index is 13.3. The Hall–Kier alpha value is -1.94. The van der Waals surface area contributed by atoms with Crippen LogP contribution < -0.4 is 10.2 Å². The summed E-state index contributed by atoms with van der Waals surface area (Å²) in [7, 11) is 0. The Bertz CT molecular complexity index is 706. The van der Waals surface area contributed by atoms with Crippen LogP contribution in [0.2, 0.25) is 0 Å². The Morgan fingerprint density at radius 2 is 1.71 bits per heavy atom. The fraction of sp³-hybridized carbons (Fsp3) is 0.450. The van der Waals surface area contributed by atoms with Gasteiger partial charge in [0.25, 0.3) is 0 Å². The van der Waals surface area contributed by atoms with Crippen LogP contribution in [0.3, 0.4) is 0 Å². The lowest BCUT2D eigenvalue weighted by Gasteiger charge is -2.30. The minimum absolute atomic E-state index is 0.179. The minimum Gasteiger partial charge on any atom is -0.354 e. The Morgan fingerprint density at radius 1 is 0.958 bits per heavy atom. The van der Waals surface area contributed by atoms with Gasteiger partial charge in [0.15, 0.2) is 0 Å². The second-order valence-corrected chi connectivity index (χ2v) is 6.76. The largest absolute Gasteiger partial charge is 0.354 e. The van der Waals surface area contributed by atoms with Gasteiger partial charge in [-0.3, -0.25) is 0 Å². The van der Waals surface area contributed by atoms with Gasteiger partial charge in [0, 0.05) is 31.9 Å². The summed E-state index contributed by atoms with van der Waals surface area (Å²) in [5.74, 6) is 0.901. The van der Waals surface area contributed by atoms with E-state index in [1.165, 1.54) is 36.1 Å². The molecule has 4 rings (SSSR count). The predicted molar refractivity (Wildman–Crippen MR) is 96.0 cm³/mol. The van der Waals surface area contributed by atoms with Crippen LogP contribution in [0.5, 0.6) is 0 Å². The van der Waals surface area contributed by atoms with Gasteiger partial charge in [-0.1, -0.05) is 18.6 Å². The van der Waals surface area contributed by atoms with Gasteiger partial charge in [-0.2, -0.15) is 0 Å². The zero-order valence-corrected chi connectivity index (χ0v) is 14.0. The quantitative estimate of drug-likeness (QED) is 0.856. The lowest BCUT2D eigenvalue weighted by atomic mass is 9.95. The van der Waals surface area contributed by atoms with Gasteiger partial charge in [-0.25, -0.2) is 9.37 Å². The third kappa shape index (κ3) is 3.16. The third-order valence-corrected chi connectivity index (χ3v) is 5.13. The Labute approximate surface area is 142 Å². The fourth-order valence-corrected chi connectivity index (χ4v) is 3.81. The lowest BCUT2D eigenvalue weighted by molar-refractivity contribution is 0.584. The summed E-state index contributed by atoms with van der Waals surface area (Å²) in [6.45, 7) is 4.00. The Morgan fingerprint density at radius 3 is 2.50 bits per heavy atom. The molecule has 1 saturated heterocycles. The van der Waals surface area contributed by atoms with Crippen molar-refractivity contribution in [3.05, 3.63) is 47.4 Å². The highest BCUT2D eigenvalue weighted by molar-refractivity contribution is 5.72. The summed E-state index contributed by atoms with van der Waals surface area (Å²) >= 11 is 0. The summed E-state index contributed by atoms with van der Waals surface area (Å²) in [5, 5.41) is 3.40. The van der Waals surface area contributed by atoms with Crippen molar-refractivity contribution in [1.29, 1.82) is 0 Å². The molecule has 0 spiro atoms. The number of pyridine rings is 1. The van der Waals surface area contributed by atoms with Crippen LogP contribution >= 0.6 is 0 Å². The van der Waals surface area contributed by atoms with E-state index in [2.05, 4.69) is 16.3 Å². The van der Waals surface area contributed by atoms with Crippen LogP contribution in [0.25, 0.3) is 11.1 Å². The van der Waals surface area contributed by atoms with Crippen molar-refractivity contribution in [2.24, 2.45) is 0 Å². The van der Waals surface area contributed by atoms with Crippen molar-refractivity contribution in [1.82, 2.24) is 10.3 Å². The van der Waals surface area contributed by atoms with Crippen LogP contribution in [-0.4, -0.2) is 31.2 Å². The molecule has 126 valence electrons. The fourth-order valence-electron chi connectivity index (χ4n) is 3.81. The van der Waals surface area contributed by atoms with Crippen LogP contribution in [0, 0.1) is 5.82 Å². The molecule has 0 atom stereocenters. The van der Waals surface area contributed by atoms with E-state index in [0.29, 0.717) is 0 Å². The van der Waals surface area contributed by atoms with Crippen molar-refractivity contribution in [2.45, 2.75) is 32.1 Å². The molecule has 3 nitrogen and oxygen atoms in total. The number of hydrogen-bond donors (Lipinski definition) is 1. The Kier molecular flexibility index (Phi) is 4.48. The van der Waals surface area contributed by atoms with Gasteiger partial charge in [-0.05, 0) is 60.6 Å². The molecule has 1 aromatic heterocycles. The number of fused-ring (bicyclic) bond motifs is 1. The second-order valence-electron chi connectivity index (χ2n) is 6.76. The number of aromatic nitrogens is 1. The smallest absolute Gasteiger partial charge is 0.129 e. The number of piperazine rings is 1. The number of nitrogens with zero attached hydrogens (tertiary/aromatic N) is 2. The number of anilines is 1. The number of halogens is 1. The SMILES string of the molecule is Fc1ccc(-c2cc(N3CCNCC3)nc3c2CCCCC3)cc1. The van der Waals surface area contributed by atoms with Gasteiger partial charge in [0.05, 0.1) is 0 Å². The highest BCUT2D eigenvalue weighted by Gasteiger charge is 2.20. The molecular formula is C20H24FN3. The van der Waals surface area contributed by atoms with Crippen molar-refractivity contribution in [3.63, 3.8) is 0 Å². The van der Waals surface area contributed by atoms with Gasteiger partial charge < -0.3 is 10.2 Å². The second kappa shape index (κ2) is 6.89. The number of aryl methyl sites for hydroxylation is 1. The maximum atomic E-state index is 13.3. The van der Waals surface area contributed by atoms with E-state index in [0.717, 1.165) is 50.4 Å². The van der Waals surface area contributed by atoms with E-state index in [-0.39, 0.29) is 5.82 Å². The molecule has 1 aliphatic heterocycles. The van der Waals surface area contributed by atoms with E-state index in [1.807, 2.05) is 12.1 Å². The molecule has 0 saturated carbocycles. The molecular weight excluding hydrogens is 301 g/mol. The van der Waals surface area contributed by atoms with Crippen LogP contribution in [0.15, 0.2) is 30.3 Å². The number of benzene rings is 1. The van der Waals surface area contributed by atoms with E-state index >= 15 is 0 Å². The van der Waals surface area contributed by atoms with Crippen molar-refractivity contribution < 1.29 is 4.39 Å². The van der Waals surface area contributed by atoms with E-state index in [4.69, 9.17) is 4.98 Å². The number of nitrogens with one attached hydrogen (secondary N) is 1. The number of rotatable bonds is 2. The molecule has 1 aliphatic carbocycles. The Balaban J connectivity index is 1.81. The van der Waals surface area contributed by atoms with Crippen LogP contribution in [0.4, 0.5) is 10.2 Å². The van der Waals surface area contributed by atoms with E-state index < -0.39 is 0 Å². The normalized spacial score (nSPS) is 18.1. The first kappa shape index (κ1) is 15.6. The van der Waals surface area contributed by atoms with Crippen molar-refractivity contribution >= 4 is 5.82 Å². The molecule has 1 N–H and O–H groups in total. The number of hydrogen-bond acceptors (Lipinski definition) is 3. The average molecular weight is 325 g/mol. The first-order valence-electron chi connectivity index (χ1n) is 9.06. The van der Waals surface area contributed by atoms with Crippen molar-refractivity contribution in [2.75, 3.05) is 31.1 Å². The van der Waals surface area contributed by atoms with E-state index in [1.54, 1.807) is 12.1 Å². The minimum atomic E-state index is -0.179. The third-order valence-electron chi connectivity index (χ3n) is 5.13. The summed E-state index contributed by atoms with van der Waals surface area (Å²) in [6, 6.07) is 9.14. The molecule has 0 bridgehead atoms. The van der Waals surface area contributed by atoms with Gasteiger partial charge >= 0.3 is 0 Å². The zero-order chi connectivity index (χ0) is 16.4. The van der Waals surface area contributed by atoms with Gasteiger partial charge in [-0.15, -0.1) is 0 Å². The molecule has 1 fully saturated rings. The summed E-state index contributed by atoms with van der Waals surface area (Å²) in [5.41, 5.74) is 4.98. The molecule has 0 amide bonds. The lowest BCUT2D eigenvalue weighted by Crippen LogP contribution is -2.44. The highest BCUT2D eigenvalue weighted by atomic mass is 19.1. The first-order valence-corrected chi connectivity index (χ1v) is 9.06. The standard InChI is InChI=1S/C20H24FN3/c21-16-8-6-15(7-9-16)18-14-20(24-12-10-22-11-13-24)23-19-5-3-1-2-4-17(18)19/h6-9,14,22H,1-5,10-13H2. The summed E-state index contributed by atoms with van der Waals surface area (Å²) in [6.07, 6.45) is 5.84. The first-order chi connectivity index (χ1) is 11.8. The van der Waals surface area contributed by atoms with Crippen LogP contribution in [0.1, 0.15) is 30.5 Å². The average Bonchev–Trinajstić information content (AvgIpc) is 2.88. The highest BCUT2D eigenvalue weighted by Crippen LogP contribution is 2.33. The molecule has 0 unspecified atom stereocenters. The molecule has 2 aromatic rings. The summed E-state index contributed by atoms with van der Waals surface area (Å²) in [4.78, 5) is 7.39. The van der Waals surface area contributed by atoms with Crippen LogP contribution in [-0.2, 0) is 12.8 Å². The molecule has 2 aliphatic rings. The molecule has 24 heavy (non-hydrogen) atoms. The molecule has 0 radical (unpaired) electrons. The van der Waals surface area contributed by atoms with Crippen molar-refractivity contribution in [3.8, 4) is 11.1 Å². The topological polar surface area (TPSA) is 28.2 Å². The van der Waals surface area contributed by atoms with Gasteiger partial charge in [0.2, 0.25) is 0 Å². The monoisotopic (exact) mass is 325 g/mol.